The van der Waals surface area contributed by atoms with Crippen molar-refractivity contribution in [3.05, 3.63) is 27.7 Å². The summed E-state index contributed by atoms with van der Waals surface area (Å²) in [7, 11) is 0. The lowest BCUT2D eigenvalue weighted by atomic mass is 10.1. The van der Waals surface area contributed by atoms with Crippen LogP contribution in [0.2, 0.25) is 0 Å². The number of benzene rings is 1. The Morgan fingerprint density at radius 1 is 1.50 bits per heavy atom. The molecule has 0 fully saturated rings. The normalized spacial score (nSPS) is 13.2. The number of nitrogens with two attached hydrogens (primary N) is 1. The maximum atomic E-state index is 6.03. The molecule has 1 aromatic carbocycles. The van der Waals surface area contributed by atoms with E-state index in [0.717, 1.165) is 34.3 Å². The highest BCUT2D eigenvalue weighted by atomic mass is 79.9. The van der Waals surface area contributed by atoms with Crippen molar-refractivity contribution in [2.45, 2.75) is 32.2 Å². The van der Waals surface area contributed by atoms with Gasteiger partial charge in [-0.25, -0.2) is 4.98 Å². The minimum Gasteiger partial charge on any atom is -0.327 e. The summed E-state index contributed by atoms with van der Waals surface area (Å²) in [6, 6.07) is 6.46. The molecular weight excluding hydrogens is 284 g/mol. The van der Waals surface area contributed by atoms with Gasteiger partial charge in [-0.1, -0.05) is 29.3 Å². The van der Waals surface area contributed by atoms with Gasteiger partial charge in [-0.2, -0.15) is 0 Å². The van der Waals surface area contributed by atoms with Gasteiger partial charge in [0.15, 0.2) is 0 Å². The predicted molar refractivity (Wildman–Crippen MR) is 73.9 cm³/mol. The standard InChI is InChI=1S/C12H15BrN2S/c1-2-3-9(14)7-12-15-10-6-8(13)4-5-11(10)16-12/h4-6,9H,2-3,7,14H2,1H3. The molecule has 0 saturated carbocycles. The molecule has 0 radical (unpaired) electrons. The lowest BCUT2D eigenvalue weighted by Crippen LogP contribution is -2.22. The van der Waals surface area contributed by atoms with Crippen LogP contribution in [0.4, 0.5) is 0 Å². The Kier molecular flexibility index (Phi) is 3.95. The smallest absolute Gasteiger partial charge is 0.0954 e. The minimum absolute atomic E-state index is 0.244. The molecule has 0 amide bonds. The third kappa shape index (κ3) is 2.81. The topological polar surface area (TPSA) is 38.9 Å². The van der Waals surface area contributed by atoms with Crippen LogP contribution < -0.4 is 5.73 Å². The Morgan fingerprint density at radius 3 is 3.06 bits per heavy atom. The number of rotatable bonds is 4. The lowest BCUT2D eigenvalue weighted by Gasteiger charge is -2.06. The van der Waals surface area contributed by atoms with E-state index in [9.17, 15) is 0 Å². The van der Waals surface area contributed by atoms with Gasteiger partial charge in [-0.3, -0.25) is 0 Å². The molecule has 1 unspecified atom stereocenters. The summed E-state index contributed by atoms with van der Waals surface area (Å²) in [6.07, 6.45) is 3.10. The van der Waals surface area contributed by atoms with Crippen LogP contribution in [0.25, 0.3) is 10.2 Å². The van der Waals surface area contributed by atoms with Gasteiger partial charge in [0, 0.05) is 16.9 Å². The third-order valence-corrected chi connectivity index (χ3v) is 4.04. The van der Waals surface area contributed by atoms with Crippen LogP contribution in [0.1, 0.15) is 24.8 Å². The van der Waals surface area contributed by atoms with Gasteiger partial charge < -0.3 is 5.73 Å². The highest BCUT2D eigenvalue weighted by Gasteiger charge is 2.08. The van der Waals surface area contributed by atoms with E-state index in [1.165, 1.54) is 4.70 Å². The van der Waals surface area contributed by atoms with Crippen LogP contribution >= 0.6 is 27.3 Å². The van der Waals surface area contributed by atoms with Crippen LogP contribution in [0, 0.1) is 0 Å². The van der Waals surface area contributed by atoms with Gasteiger partial charge >= 0.3 is 0 Å². The van der Waals surface area contributed by atoms with E-state index < -0.39 is 0 Å². The Bertz CT molecular complexity index is 481. The Hall–Kier alpha value is -0.450. The zero-order chi connectivity index (χ0) is 11.5. The molecule has 0 aliphatic heterocycles. The second-order valence-corrected chi connectivity index (χ2v) is 6.00. The molecule has 1 heterocycles. The summed E-state index contributed by atoms with van der Waals surface area (Å²) in [6.45, 7) is 2.16. The van der Waals surface area contributed by atoms with Gasteiger partial charge in [-0.05, 0) is 24.6 Å². The average molecular weight is 299 g/mol. The predicted octanol–water partition coefficient (Wildman–Crippen LogP) is 3.73. The maximum absolute atomic E-state index is 6.03. The largest absolute Gasteiger partial charge is 0.327 e. The maximum Gasteiger partial charge on any atom is 0.0954 e. The summed E-state index contributed by atoms with van der Waals surface area (Å²) in [5, 5.41) is 1.15. The first-order chi connectivity index (χ1) is 7.69. The van der Waals surface area contributed by atoms with E-state index in [1.807, 2.05) is 0 Å². The van der Waals surface area contributed by atoms with Crippen LogP contribution in [0.5, 0.6) is 0 Å². The van der Waals surface area contributed by atoms with Gasteiger partial charge in [0.05, 0.1) is 15.2 Å². The van der Waals surface area contributed by atoms with E-state index in [4.69, 9.17) is 5.73 Å². The Morgan fingerprint density at radius 2 is 2.31 bits per heavy atom. The van der Waals surface area contributed by atoms with Crippen molar-refractivity contribution in [3.8, 4) is 0 Å². The molecule has 2 aromatic rings. The molecule has 16 heavy (non-hydrogen) atoms. The summed E-state index contributed by atoms with van der Waals surface area (Å²) >= 11 is 5.21. The number of hydrogen-bond acceptors (Lipinski definition) is 3. The highest BCUT2D eigenvalue weighted by Crippen LogP contribution is 2.25. The zero-order valence-electron chi connectivity index (χ0n) is 9.24. The number of hydrogen-bond donors (Lipinski definition) is 1. The van der Waals surface area contributed by atoms with E-state index in [1.54, 1.807) is 11.3 Å². The Labute approximate surface area is 108 Å². The molecule has 0 aliphatic carbocycles. The number of halogens is 1. The van der Waals surface area contributed by atoms with Crippen LogP contribution in [0.3, 0.4) is 0 Å². The summed E-state index contributed by atoms with van der Waals surface area (Å²) in [5.74, 6) is 0. The van der Waals surface area contributed by atoms with E-state index in [0.29, 0.717) is 0 Å². The monoisotopic (exact) mass is 298 g/mol. The molecule has 2 nitrogen and oxygen atoms in total. The number of aromatic nitrogens is 1. The quantitative estimate of drug-likeness (QED) is 0.934. The van der Waals surface area contributed by atoms with E-state index in [-0.39, 0.29) is 6.04 Å². The van der Waals surface area contributed by atoms with Crippen LogP contribution in [-0.2, 0) is 6.42 Å². The number of fused-ring (bicyclic) bond motifs is 1. The van der Waals surface area contributed by atoms with Gasteiger partial charge in [-0.15, -0.1) is 11.3 Å². The first-order valence-corrected chi connectivity index (χ1v) is 7.10. The SMILES string of the molecule is CCCC(N)Cc1nc2cc(Br)ccc2s1. The number of nitrogens with zero attached hydrogens (tertiary/aromatic N) is 1. The molecule has 2 rings (SSSR count). The summed E-state index contributed by atoms with van der Waals surface area (Å²) in [4.78, 5) is 4.60. The van der Waals surface area contributed by atoms with E-state index >= 15 is 0 Å². The fourth-order valence-corrected chi connectivity index (χ4v) is 3.12. The van der Waals surface area contributed by atoms with Gasteiger partial charge in [0.25, 0.3) is 0 Å². The summed E-state index contributed by atoms with van der Waals surface area (Å²) < 4.78 is 2.32. The van der Waals surface area contributed by atoms with E-state index in [2.05, 4.69) is 46.0 Å². The summed E-state index contributed by atoms with van der Waals surface area (Å²) in [5.41, 5.74) is 7.09. The van der Waals surface area contributed by atoms with Crippen molar-refractivity contribution in [1.82, 2.24) is 4.98 Å². The van der Waals surface area contributed by atoms with Crippen molar-refractivity contribution < 1.29 is 0 Å². The lowest BCUT2D eigenvalue weighted by molar-refractivity contribution is 0.599. The highest BCUT2D eigenvalue weighted by molar-refractivity contribution is 9.10. The minimum atomic E-state index is 0.244. The second kappa shape index (κ2) is 5.25. The molecule has 2 N–H and O–H groups in total. The molecule has 0 spiro atoms. The first kappa shape index (κ1) is 12.0. The van der Waals surface area contributed by atoms with Crippen LogP contribution in [-0.4, -0.2) is 11.0 Å². The van der Waals surface area contributed by atoms with Crippen LogP contribution in [0.15, 0.2) is 22.7 Å². The van der Waals surface area contributed by atoms with Gasteiger partial charge in [0.1, 0.15) is 0 Å². The zero-order valence-corrected chi connectivity index (χ0v) is 11.6. The van der Waals surface area contributed by atoms with Gasteiger partial charge in [0.2, 0.25) is 0 Å². The fraction of sp³-hybridized carbons (Fsp3) is 0.417. The molecule has 1 atom stereocenters. The number of thiazole rings is 1. The first-order valence-electron chi connectivity index (χ1n) is 5.49. The molecule has 0 aliphatic rings. The average Bonchev–Trinajstić information content (AvgIpc) is 2.59. The Balaban J connectivity index is 2.19. The van der Waals surface area contributed by atoms with Crippen molar-refractivity contribution in [2.24, 2.45) is 5.73 Å². The third-order valence-electron chi connectivity index (χ3n) is 2.49. The van der Waals surface area contributed by atoms with Crippen molar-refractivity contribution >= 4 is 37.5 Å². The fourth-order valence-electron chi connectivity index (χ4n) is 1.73. The van der Waals surface area contributed by atoms with Crippen molar-refractivity contribution in [2.75, 3.05) is 0 Å². The molecule has 0 bridgehead atoms. The van der Waals surface area contributed by atoms with Crippen molar-refractivity contribution in [1.29, 1.82) is 0 Å². The van der Waals surface area contributed by atoms with Crippen molar-refractivity contribution in [3.63, 3.8) is 0 Å². The molecule has 1 aromatic heterocycles. The molecular formula is C12H15BrN2S. The molecule has 86 valence electrons. The molecule has 4 heteroatoms. The molecule has 0 saturated heterocycles. The second-order valence-electron chi connectivity index (χ2n) is 3.97.